The van der Waals surface area contributed by atoms with E-state index in [2.05, 4.69) is 10.1 Å². The molecular formula is C13H9Cl3F3NO2S. The molecule has 0 unspecified atom stereocenters. The lowest BCUT2D eigenvalue weighted by Crippen LogP contribution is -2.28. The summed E-state index contributed by atoms with van der Waals surface area (Å²) < 4.78 is 40.7. The third kappa shape index (κ3) is 4.87. The molecule has 0 fully saturated rings. The van der Waals surface area contributed by atoms with Gasteiger partial charge >= 0.3 is 6.18 Å². The summed E-state index contributed by atoms with van der Waals surface area (Å²) in [5, 5.41) is 3.87. The first-order valence-electron chi connectivity index (χ1n) is 6.19. The molecule has 2 rings (SSSR count). The number of hydrogen-bond acceptors (Lipinski definition) is 3. The van der Waals surface area contributed by atoms with Crippen LogP contribution in [0.3, 0.4) is 0 Å². The quantitative estimate of drug-likeness (QED) is 0.696. The first-order chi connectivity index (χ1) is 10.7. The monoisotopic (exact) mass is 405 g/mol. The Morgan fingerprint density at radius 2 is 1.96 bits per heavy atom. The van der Waals surface area contributed by atoms with Crippen LogP contribution in [0.25, 0.3) is 10.1 Å². The second-order valence-electron chi connectivity index (χ2n) is 4.43. The molecule has 23 heavy (non-hydrogen) atoms. The van der Waals surface area contributed by atoms with Crippen LogP contribution in [0.1, 0.15) is 9.67 Å². The number of ether oxygens (including phenoxy) is 1. The van der Waals surface area contributed by atoms with Crippen molar-refractivity contribution in [2.24, 2.45) is 0 Å². The van der Waals surface area contributed by atoms with Gasteiger partial charge in [0.1, 0.15) is 11.5 Å². The van der Waals surface area contributed by atoms with Crippen molar-refractivity contribution in [2.75, 3.05) is 19.8 Å². The zero-order chi connectivity index (χ0) is 17.2. The van der Waals surface area contributed by atoms with Crippen LogP contribution in [-0.4, -0.2) is 31.8 Å². The Bertz CT molecular complexity index is 733. The SMILES string of the molecule is O=C(NCCOCC(F)(F)F)c1sc2cc(Cl)cc(Cl)c2c1Cl. The molecule has 1 N–H and O–H groups in total. The normalized spacial score (nSPS) is 11.9. The van der Waals surface area contributed by atoms with Crippen molar-refractivity contribution in [3.8, 4) is 0 Å². The van der Waals surface area contributed by atoms with Crippen LogP contribution in [0.15, 0.2) is 12.1 Å². The van der Waals surface area contributed by atoms with Crippen molar-refractivity contribution in [1.29, 1.82) is 0 Å². The van der Waals surface area contributed by atoms with E-state index in [1.165, 1.54) is 6.07 Å². The Morgan fingerprint density at radius 3 is 2.61 bits per heavy atom. The molecule has 0 radical (unpaired) electrons. The van der Waals surface area contributed by atoms with Gasteiger partial charge in [-0.1, -0.05) is 34.8 Å². The van der Waals surface area contributed by atoms with Crippen molar-refractivity contribution >= 4 is 62.1 Å². The van der Waals surface area contributed by atoms with Crippen molar-refractivity contribution in [3.05, 3.63) is 32.1 Å². The van der Waals surface area contributed by atoms with Crippen molar-refractivity contribution in [1.82, 2.24) is 5.32 Å². The lowest BCUT2D eigenvalue weighted by atomic mass is 10.2. The van der Waals surface area contributed by atoms with Crippen LogP contribution >= 0.6 is 46.1 Å². The molecule has 0 bridgehead atoms. The number of carbonyl (C=O) groups excluding carboxylic acids is 1. The van der Waals surface area contributed by atoms with E-state index in [-0.39, 0.29) is 23.1 Å². The summed E-state index contributed by atoms with van der Waals surface area (Å²) in [6.07, 6.45) is -4.39. The van der Waals surface area contributed by atoms with E-state index >= 15 is 0 Å². The number of nitrogens with one attached hydrogen (secondary N) is 1. The van der Waals surface area contributed by atoms with Gasteiger partial charge in [0.2, 0.25) is 0 Å². The second-order valence-corrected chi connectivity index (χ2v) is 6.70. The zero-order valence-electron chi connectivity index (χ0n) is 11.3. The molecule has 3 nitrogen and oxygen atoms in total. The summed E-state index contributed by atoms with van der Waals surface area (Å²) in [4.78, 5) is 12.3. The summed E-state index contributed by atoms with van der Waals surface area (Å²) in [6, 6.07) is 3.14. The van der Waals surface area contributed by atoms with E-state index in [1.54, 1.807) is 6.07 Å². The number of fused-ring (bicyclic) bond motifs is 1. The third-order valence-corrected chi connectivity index (χ3v) is 4.80. The van der Waals surface area contributed by atoms with Crippen LogP contribution in [0.2, 0.25) is 15.1 Å². The van der Waals surface area contributed by atoms with Gasteiger partial charge in [-0.2, -0.15) is 13.2 Å². The zero-order valence-corrected chi connectivity index (χ0v) is 14.4. The van der Waals surface area contributed by atoms with Crippen LogP contribution in [0, 0.1) is 0 Å². The molecule has 0 atom stereocenters. The van der Waals surface area contributed by atoms with Gasteiger partial charge in [-0.3, -0.25) is 4.79 Å². The molecule has 0 aliphatic heterocycles. The summed E-state index contributed by atoms with van der Waals surface area (Å²) >= 11 is 19.2. The number of carbonyl (C=O) groups is 1. The molecular weight excluding hydrogens is 398 g/mol. The van der Waals surface area contributed by atoms with E-state index in [9.17, 15) is 18.0 Å². The standard InChI is InChI=1S/C13H9Cl3F3NO2S/c14-6-3-7(15)9-8(4-6)23-11(10(9)16)12(21)20-1-2-22-5-13(17,18)19/h3-4H,1-2,5H2,(H,20,21). The number of hydrogen-bond donors (Lipinski definition) is 1. The summed E-state index contributed by atoms with van der Waals surface area (Å²) in [5.74, 6) is -0.515. The average molecular weight is 407 g/mol. The van der Waals surface area contributed by atoms with Crippen LogP contribution in [0.5, 0.6) is 0 Å². The number of halogens is 6. The van der Waals surface area contributed by atoms with Gasteiger partial charge in [0.05, 0.1) is 16.7 Å². The molecule has 1 heterocycles. The van der Waals surface area contributed by atoms with Crippen molar-refractivity contribution in [3.63, 3.8) is 0 Å². The van der Waals surface area contributed by atoms with E-state index in [0.29, 0.717) is 20.1 Å². The Labute approximate surface area is 148 Å². The highest BCUT2D eigenvalue weighted by atomic mass is 35.5. The molecule has 1 amide bonds. The lowest BCUT2D eigenvalue weighted by Gasteiger charge is -2.08. The number of thiophene rings is 1. The number of rotatable bonds is 5. The molecule has 10 heteroatoms. The molecule has 1 aromatic carbocycles. The predicted octanol–water partition coefficient (Wildman–Crippen LogP) is 5.17. The summed E-state index contributed by atoms with van der Waals surface area (Å²) in [5.41, 5.74) is 0. The maximum atomic E-state index is 12.1. The molecule has 0 aliphatic rings. The molecule has 0 spiro atoms. The molecule has 1 aromatic heterocycles. The highest BCUT2D eigenvalue weighted by Crippen LogP contribution is 2.41. The molecule has 0 aliphatic carbocycles. The summed E-state index contributed by atoms with van der Waals surface area (Å²) in [6.45, 7) is -1.70. The Kier molecular flexibility index (Phi) is 6.02. The van der Waals surface area contributed by atoms with Gasteiger partial charge in [-0.05, 0) is 12.1 Å². The fourth-order valence-corrected chi connectivity index (χ4v) is 4.06. The fraction of sp³-hybridized carbons (Fsp3) is 0.308. The van der Waals surface area contributed by atoms with Gasteiger partial charge < -0.3 is 10.1 Å². The molecule has 2 aromatic rings. The third-order valence-electron chi connectivity index (χ3n) is 2.65. The first-order valence-corrected chi connectivity index (χ1v) is 8.14. The van der Waals surface area contributed by atoms with E-state index in [1.807, 2.05) is 0 Å². The number of amides is 1. The second kappa shape index (κ2) is 7.44. The van der Waals surface area contributed by atoms with Gasteiger partial charge in [-0.15, -0.1) is 11.3 Å². The lowest BCUT2D eigenvalue weighted by molar-refractivity contribution is -0.173. The fourth-order valence-electron chi connectivity index (χ4n) is 1.76. The van der Waals surface area contributed by atoms with Gasteiger partial charge in [0, 0.05) is 21.7 Å². The van der Waals surface area contributed by atoms with E-state index in [4.69, 9.17) is 34.8 Å². The highest BCUT2D eigenvalue weighted by Gasteiger charge is 2.27. The first kappa shape index (κ1) is 18.6. The van der Waals surface area contributed by atoms with Crippen LogP contribution in [0.4, 0.5) is 13.2 Å². The van der Waals surface area contributed by atoms with Gasteiger partial charge in [0.15, 0.2) is 0 Å². The topological polar surface area (TPSA) is 38.3 Å². The van der Waals surface area contributed by atoms with Crippen molar-refractivity contribution in [2.45, 2.75) is 6.18 Å². The largest absolute Gasteiger partial charge is 0.411 e. The Morgan fingerprint density at radius 1 is 1.26 bits per heavy atom. The maximum absolute atomic E-state index is 12.1. The minimum absolute atomic E-state index is 0.0754. The minimum Gasteiger partial charge on any atom is -0.370 e. The van der Waals surface area contributed by atoms with Gasteiger partial charge in [-0.25, -0.2) is 0 Å². The predicted molar refractivity (Wildman–Crippen MR) is 86.1 cm³/mol. The van der Waals surface area contributed by atoms with Gasteiger partial charge in [0.25, 0.3) is 5.91 Å². The van der Waals surface area contributed by atoms with Crippen LogP contribution in [-0.2, 0) is 4.74 Å². The number of benzene rings is 1. The smallest absolute Gasteiger partial charge is 0.370 e. The summed E-state index contributed by atoms with van der Waals surface area (Å²) in [7, 11) is 0. The van der Waals surface area contributed by atoms with Crippen molar-refractivity contribution < 1.29 is 22.7 Å². The van der Waals surface area contributed by atoms with E-state index in [0.717, 1.165) is 11.3 Å². The molecule has 0 saturated heterocycles. The highest BCUT2D eigenvalue weighted by molar-refractivity contribution is 7.21. The molecule has 0 saturated carbocycles. The average Bonchev–Trinajstić information content (AvgIpc) is 2.74. The molecule has 126 valence electrons. The Balaban J connectivity index is 2.02. The van der Waals surface area contributed by atoms with Crippen LogP contribution < -0.4 is 5.32 Å². The Hall–Kier alpha value is -0.730. The number of alkyl halides is 3. The minimum atomic E-state index is -4.39. The van der Waals surface area contributed by atoms with E-state index < -0.39 is 18.7 Å². The maximum Gasteiger partial charge on any atom is 0.411 e.